The van der Waals surface area contributed by atoms with Crippen molar-refractivity contribution in [2.45, 2.75) is 25.2 Å². The van der Waals surface area contributed by atoms with Crippen LogP contribution in [0.5, 0.6) is 5.75 Å². The van der Waals surface area contributed by atoms with Crippen molar-refractivity contribution in [1.29, 1.82) is 0 Å². The first-order valence-electron chi connectivity index (χ1n) is 8.40. The summed E-state index contributed by atoms with van der Waals surface area (Å²) in [7, 11) is -2.21. The van der Waals surface area contributed by atoms with Gasteiger partial charge < -0.3 is 14.4 Å². The van der Waals surface area contributed by atoms with Crippen molar-refractivity contribution in [2.75, 3.05) is 40.0 Å². The molecular weight excluding hydrogens is 344 g/mol. The van der Waals surface area contributed by atoms with Gasteiger partial charge in [0, 0.05) is 19.6 Å². The number of amides is 1. The number of sulfonamides is 1. The molecule has 0 aromatic heterocycles. The number of benzene rings is 1. The Balaban J connectivity index is 2.25. The van der Waals surface area contributed by atoms with Gasteiger partial charge in [-0.25, -0.2) is 13.1 Å². The quantitative estimate of drug-likeness (QED) is 0.786. The minimum Gasteiger partial charge on any atom is -0.496 e. The maximum atomic E-state index is 12.7. The molecule has 1 saturated heterocycles. The fraction of sp³-hybridized carbons (Fsp3) is 0.588. The number of nitrogens with one attached hydrogen (secondary N) is 1. The molecule has 25 heavy (non-hydrogen) atoms. The molecule has 0 radical (unpaired) electrons. The highest BCUT2D eigenvalue weighted by atomic mass is 32.2. The van der Waals surface area contributed by atoms with E-state index in [-0.39, 0.29) is 16.4 Å². The molecule has 1 aromatic rings. The predicted molar refractivity (Wildman–Crippen MR) is 94.4 cm³/mol. The van der Waals surface area contributed by atoms with Crippen molar-refractivity contribution in [1.82, 2.24) is 9.62 Å². The number of hydrogen-bond acceptors (Lipinski definition) is 5. The fourth-order valence-electron chi connectivity index (χ4n) is 2.52. The minimum atomic E-state index is -3.67. The molecule has 1 amide bonds. The van der Waals surface area contributed by atoms with Gasteiger partial charge in [-0.2, -0.15) is 0 Å². The van der Waals surface area contributed by atoms with Gasteiger partial charge in [-0.3, -0.25) is 4.79 Å². The van der Waals surface area contributed by atoms with Crippen LogP contribution in [0.25, 0.3) is 0 Å². The van der Waals surface area contributed by atoms with E-state index in [0.717, 1.165) is 6.42 Å². The van der Waals surface area contributed by atoms with Crippen molar-refractivity contribution in [3.63, 3.8) is 0 Å². The highest BCUT2D eigenvalue weighted by Gasteiger charge is 2.24. The summed E-state index contributed by atoms with van der Waals surface area (Å²) in [4.78, 5) is 14.4. The molecule has 7 nitrogen and oxygen atoms in total. The maximum Gasteiger partial charge on any atom is 0.257 e. The first-order valence-corrected chi connectivity index (χ1v) is 9.88. The van der Waals surface area contributed by atoms with Crippen LogP contribution in [0.4, 0.5) is 0 Å². The zero-order chi connectivity index (χ0) is 18.4. The van der Waals surface area contributed by atoms with Crippen molar-refractivity contribution < 1.29 is 22.7 Å². The van der Waals surface area contributed by atoms with E-state index in [1.165, 1.54) is 25.3 Å². The fourth-order valence-corrected chi connectivity index (χ4v) is 3.60. The lowest BCUT2D eigenvalue weighted by Gasteiger charge is -2.27. The summed E-state index contributed by atoms with van der Waals surface area (Å²) in [5, 5.41) is 0. The average Bonchev–Trinajstić information content (AvgIpc) is 2.60. The van der Waals surface area contributed by atoms with Crippen LogP contribution < -0.4 is 9.46 Å². The number of ether oxygens (including phenoxy) is 2. The molecule has 0 spiro atoms. The number of rotatable bonds is 7. The number of nitrogens with zero attached hydrogens (tertiary/aromatic N) is 1. The molecule has 1 heterocycles. The highest BCUT2D eigenvalue weighted by Crippen LogP contribution is 2.24. The monoisotopic (exact) mass is 370 g/mol. The lowest BCUT2D eigenvalue weighted by molar-refractivity contribution is 0.0300. The van der Waals surface area contributed by atoms with E-state index in [0.29, 0.717) is 44.5 Å². The molecule has 1 fully saturated rings. The number of methoxy groups -OCH3 is 1. The Kier molecular flexibility index (Phi) is 6.80. The molecule has 8 heteroatoms. The van der Waals surface area contributed by atoms with Gasteiger partial charge in [0.15, 0.2) is 0 Å². The summed E-state index contributed by atoms with van der Waals surface area (Å²) in [6.45, 7) is 6.32. The van der Waals surface area contributed by atoms with E-state index in [9.17, 15) is 13.2 Å². The SMILES string of the molecule is COc1ccc(S(=O)(=O)NCCC(C)C)cc1C(=O)N1CCOCC1. The van der Waals surface area contributed by atoms with Crippen molar-refractivity contribution in [3.8, 4) is 5.75 Å². The second-order valence-electron chi connectivity index (χ2n) is 6.35. The van der Waals surface area contributed by atoms with Gasteiger partial charge >= 0.3 is 0 Å². The number of morpholine rings is 1. The number of hydrogen-bond donors (Lipinski definition) is 1. The van der Waals surface area contributed by atoms with Gasteiger partial charge in [-0.15, -0.1) is 0 Å². The highest BCUT2D eigenvalue weighted by molar-refractivity contribution is 7.89. The third-order valence-corrected chi connectivity index (χ3v) is 5.48. The van der Waals surface area contributed by atoms with Crippen LogP contribution in [0, 0.1) is 5.92 Å². The summed E-state index contributed by atoms with van der Waals surface area (Å²) in [5.41, 5.74) is 0.246. The minimum absolute atomic E-state index is 0.0636. The third kappa shape index (κ3) is 5.17. The largest absolute Gasteiger partial charge is 0.496 e. The van der Waals surface area contributed by atoms with Gasteiger partial charge in [-0.1, -0.05) is 13.8 Å². The molecule has 1 aliphatic heterocycles. The lowest BCUT2D eigenvalue weighted by Crippen LogP contribution is -2.40. The molecule has 0 atom stereocenters. The molecule has 2 rings (SSSR count). The van der Waals surface area contributed by atoms with Crippen LogP contribution in [0.15, 0.2) is 23.1 Å². The van der Waals surface area contributed by atoms with E-state index in [2.05, 4.69) is 4.72 Å². The number of carbonyl (C=O) groups is 1. The summed E-state index contributed by atoms with van der Waals surface area (Å²) >= 11 is 0. The lowest BCUT2D eigenvalue weighted by atomic mass is 10.1. The summed E-state index contributed by atoms with van der Waals surface area (Å²) < 4.78 is 38.0. The molecular formula is C17H26N2O5S. The summed E-state index contributed by atoms with van der Waals surface area (Å²) in [6, 6.07) is 4.35. The molecule has 1 aliphatic rings. The van der Waals surface area contributed by atoms with Crippen molar-refractivity contribution >= 4 is 15.9 Å². The second-order valence-corrected chi connectivity index (χ2v) is 8.11. The van der Waals surface area contributed by atoms with Crippen molar-refractivity contribution in [3.05, 3.63) is 23.8 Å². The molecule has 1 aromatic carbocycles. The molecule has 0 unspecified atom stereocenters. The van der Waals surface area contributed by atoms with Crippen LogP contribution in [0.1, 0.15) is 30.6 Å². The second kappa shape index (κ2) is 8.64. The van der Waals surface area contributed by atoms with Crippen molar-refractivity contribution in [2.24, 2.45) is 5.92 Å². The Morgan fingerprint density at radius 3 is 2.60 bits per heavy atom. The zero-order valence-corrected chi connectivity index (χ0v) is 15.8. The van der Waals surface area contributed by atoms with Gasteiger partial charge in [0.05, 0.1) is 30.8 Å². The first-order chi connectivity index (χ1) is 11.8. The van der Waals surface area contributed by atoms with E-state index in [1.54, 1.807) is 4.90 Å². The summed E-state index contributed by atoms with van der Waals surface area (Å²) in [5.74, 6) is 0.508. The third-order valence-electron chi connectivity index (χ3n) is 4.02. The van der Waals surface area contributed by atoms with Gasteiger partial charge in [-0.05, 0) is 30.5 Å². The molecule has 140 valence electrons. The molecule has 0 bridgehead atoms. The zero-order valence-electron chi connectivity index (χ0n) is 14.9. The Bertz CT molecular complexity index is 697. The van der Waals surface area contributed by atoms with E-state index < -0.39 is 10.0 Å². The Morgan fingerprint density at radius 2 is 2.00 bits per heavy atom. The predicted octanol–water partition coefficient (Wildman–Crippen LogP) is 1.49. The summed E-state index contributed by atoms with van der Waals surface area (Å²) in [6.07, 6.45) is 0.745. The normalized spacial score (nSPS) is 15.4. The van der Waals surface area contributed by atoms with Crippen LogP contribution in [-0.2, 0) is 14.8 Å². The Labute approximate surface area is 149 Å². The Hall–Kier alpha value is -1.64. The topological polar surface area (TPSA) is 84.9 Å². The van der Waals surface area contributed by atoms with E-state index in [1.807, 2.05) is 13.8 Å². The average molecular weight is 370 g/mol. The van der Waals surface area contributed by atoms with Gasteiger partial charge in [0.25, 0.3) is 5.91 Å². The molecule has 0 saturated carbocycles. The van der Waals surface area contributed by atoms with E-state index >= 15 is 0 Å². The van der Waals surface area contributed by atoms with Gasteiger partial charge in [0.2, 0.25) is 10.0 Å². The standard InChI is InChI=1S/C17H26N2O5S/c1-13(2)6-7-18-25(21,22)14-4-5-16(23-3)15(12-14)17(20)19-8-10-24-11-9-19/h4-5,12-13,18H,6-11H2,1-3H3. The Morgan fingerprint density at radius 1 is 1.32 bits per heavy atom. The van der Waals surface area contributed by atoms with Crippen LogP contribution in [-0.4, -0.2) is 59.2 Å². The van der Waals surface area contributed by atoms with E-state index in [4.69, 9.17) is 9.47 Å². The molecule has 1 N–H and O–H groups in total. The first kappa shape index (κ1) is 19.7. The van der Waals surface area contributed by atoms with Crippen LogP contribution in [0.2, 0.25) is 0 Å². The van der Waals surface area contributed by atoms with Crippen LogP contribution in [0.3, 0.4) is 0 Å². The number of carbonyl (C=O) groups excluding carboxylic acids is 1. The molecule has 0 aliphatic carbocycles. The maximum absolute atomic E-state index is 12.7. The van der Waals surface area contributed by atoms with Crippen LogP contribution >= 0.6 is 0 Å². The smallest absolute Gasteiger partial charge is 0.257 e. The van der Waals surface area contributed by atoms with Gasteiger partial charge in [0.1, 0.15) is 5.75 Å².